The van der Waals surface area contributed by atoms with E-state index in [1.165, 1.54) is 6.20 Å². The third-order valence-electron chi connectivity index (χ3n) is 2.24. The van der Waals surface area contributed by atoms with Gasteiger partial charge in [0.1, 0.15) is 17.7 Å². The highest BCUT2D eigenvalue weighted by molar-refractivity contribution is 7.07. The maximum absolute atomic E-state index is 8.59. The van der Waals surface area contributed by atoms with Crippen molar-refractivity contribution in [3.63, 3.8) is 0 Å². The molecule has 1 aromatic heterocycles. The Balaban J connectivity index is 2.12. The molecule has 1 aromatic carbocycles. The Kier molecular flexibility index (Phi) is 3.70. The number of nitrogens with zero attached hydrogens (tertiary/aromatic N) is 3. The zero-order chi connectivity index (χ0) is 12.8. The van der Waals surface area contributed by atoms with Crippen LogP contribution in [-0.2, 0) is 0 Å². The highest BCUT2D eigenvalue weighted by atomic mass is 32.1. The molecule has 1 N–H and O–H groups in total. The van der Waals surface area contributed by atoms with Gasteiger partial charge in [-0.15, -0.1) is 11.3 Å². The molecule has 2 rings (SSSR count). The second-order valence-electron chi connectivity index (χ2n) is 3.38. The maximum atomic E-state index is 8.59. The van der Waals surface area contributed by atoms with Crippen molar-refractivity contribution in [3.05, 3.63) is 46.9 Å². The summed E-state index contributed by atoms with van der Waals surface area (Å²) in [4.78, 5) is 4.22. The van der Waals surface area contributed by atoms with Gasteiger partial charge in [-0.3, -0.25) is 0 Å². The van der Waals surface area contributed by atoms with Crippen LogP contribution in [0.25, 0.3) is 11.3 Å². The average Bonchev–Trinajstić information content (AvgIpc) is 2.94. The summed E-state index contributed by atoms with van der Waals surface area (Å²) in [6, 6.07) is 11.2. The molecule has 0 fully saturated rings. The smallest absolute Gasteiger partial charge is 0.145 e. The molecule has 0 amide bonds. The topological polar surface area (TPSA) is 72.5 Å². The van der Waals surface area contributed by atoms with E-state index in [-0.39, 0.29) is 5.57 Å². The molecule has 18 heavy (non-hydrogen) atoms. The van der Waals surface area contributed by atoms with E-state index in [0.29, 0.717) is 0 Å². The minimum atomic E-state index is 0.0403. The van der Waals surface area contributed by atoms with Crippen molar-refractivity contribution < 1.29 is 0 Å². The van der Waals surface area contributed by atoms with Gasteiger partial charge in [0, 0.05) is 22.8 Å². The molecule has 5 heteroatoms. The monoisotopic (exact) mass is 252 g/mol. The molecular weight excluding hydrogens is 244 g/mol. The molecule has 0 aliphatic heterocycles. The van der Waals surface area contributed by atoms with Crippen molar-refractivity contribution >= 4 is 17.0 Å². The van der Waals surface area contributed by atoms with Crippen LogP contribution in [0.5, 0.6) is 0 Å². The number of nitriles is 2. The van der Waals surface area contributed by atoms with Crippen LogP contribution in [0.1, 0.15) is 0 Å². The molecule has 2 aromatic rings. The molecule has 0 saturated heterocycles. The van der Waals surface area contributed by atoms with Gasteiger partial charge in [0.25, 0.3) is 0 Å². The zero-order valence-corrected chi connectivity index (χ0v) is 10.1. The van der Waals surface area contributed by atoms with Crippen LogP contribution in [0.2, 0.25) is 0 Å². The largest absolute Gasteiger partial charge is 0.360 e. The van der Waals surface area contributed by atoms with Crippen LogP contribution in [0.15, 0.2) is 46.9 Å². The first-order valence-electron chi connectivity index (χ1n) is 5.09. The first kappa shape index (κ1) is 11.8. The van der Waals surface area contributed by atoms with Crippen molar-refractivity contribution in [1.29, 1.82) is 10.5 Å². The molecule has 0 aliphatic rings. The second-order valence-corrected chi connectivity index (χ2v) is 4.10. The van der Waals surface area contributed by atoms with Gasteiger partial charge in [0.05, 0.1) is 11.2 Å². The van der Waals surface area contributed by atoms with Gasteiger partial charge in [-0.2, -0.15) is 10.5 Å². The number of anilines is 1. The summed E-state index contributed by atoms with van der Waals surface area (Å²) in [5.41, 5.74) is 4.62. The molecule has 86 valence electrons. The van der Waals surface area contributed by atoms with Crippen molar-refractivity contribution in [2.24, 2.45) is 0 Å². The quantitative estimate of drug-likeness (QED) is 0.851. The van der Waals surface area contributed by atoms with Gasteiger partial charge in [0.15, 0.2) is 0 Å². The van der Waals surface area contributed by atoms with Gasteiger partial charge >= 0.3 is 0 Å². The molecule has 0 bridgehead atoms. The van der Waals surface area contributed by atoms with Crippen LogP contribution < -0.4 is 5.32 Å². The Bertz CT molecular complexity index is 611. The van der Waals surface area contributed by atoms with E-state index in [2.05, 4.69) is 10.3 Å². The van der Waals surface area contributed by atoms with Gasteiger partial charge in [-0.05, 0) is 12.1 Å². The minimum absolute atomic E-state index is 0.0403. The summed E-state index contributed by atoms with van der Waals surface area (Å²) >= 11 is 1.55. The number of allylic oxidation sites excluding steroid dienone is 1. The van der Waals surface area contributed by atoms with Crippen LogP contribution in [0.4, 0.5) is 5.69 Å². The predicted octanol–water partition coefficient (Wildman–Crippen LogP) is 3.15. The molecule has 0 atom stereocenters. The summed E-state index contributed by atoms with van der Waals surface area (Å²) in [7, 11) is 0. The van der Waals surface area contributed by atoms with E-state index in [1.54, 1.807) is 29.0 Å². The van der Waals surface area contributed by atoms with Crippen molar-refractivity contribution in [1.82, 2.24) is 4.98 Å². The Morgan fingerprint density at radius 1 is 1.22 bits per heavy atom. The minimum Gasteiger partial charge on any atom is -0.360 e. The van der Waals surface area contributed by atoms with Gasteiger partial charge < -0.3 is 5.32 Å². The second kappa shape index (κ2) is 5.62. The fourth-order valence-electron chi connectivity index (χ4n) is 1.34. The normalized spacial score (nSPS) is 9.00. The number of hydrogen-bond acceptors (Lipinski definition) is 5. The highest BCUT2D eigenvalue weighted by Crippen LogP contribution is 2.21. The number of thiazole rings is 1. The lowest BCUT2D eigenvalue weighted by molar-refractivity contribution is 1.41. The number of benzene rings is 1. The number of hydrogen-bond donors (Lipinski definition) is 1. The first-order chi connectivity index (χ1) is 8.83. The number of rotatable bonds is 3. The van der Waals surface area contributed by atoms with E-state index in [4.69, 9.17) is 10.5 Å². The van der Waals surface area contributed by atoms with E-state index >= 15 is 0 Å². The summed E-state index contributed by atoms with van der Waals surface area (Å²) in [6.07, 6.45) is 1.39. The molecule has 0 spiro atoms. The molecule has 4 nitrogen and oxygen atoms in total. The molecule has 0 unspecified atom stereocenters. The van der Waals surface area contributed by atoms with Crippen LogP contribution >= 0.6 is 11.3 Å². The van der Waals surface area contributed by atoms with Gasteiger partial charge in [-0.1, -0.05) is 12.1 Å². The van der Waals surface area contributed by atoms with E-state index < -0.39 is 0 Å². The molecule has 0 aliphatic carbocycles. The van der Waals surface area contributed by atoms with E-state index in [0.717, 1.165) is 16.9 Å². The molecular formula is C13H8N4S. The first-order valence-corrected chi connectivity index (χ1v) is 6.03. The third kappa shape index (κ3) is 2.73. The lowest BCUT2D eigenvalue weighted by atomic mass is 10.1. The lowest BCUT2D eigenvalue weighted by Gasteiger charge is -2.01. The van der Waals surface area contributed by atoms with Crippen molar-refractivity contribution in [3.8, 4) is 23.4 Å². The summed E-state index contributed by atoms with van der Waals surface area (Å²) < 4.78 is 0. The van der Waals surface area contributed by atoms with E-state index in [1.807, 2.05) is 29.6 Å². The van der Waals surface area contributed by atoms with Crippen LogP contribution in [-0.4, -0.2) is 4.98 Å². The lowest BCUT2D eigenvalue weighted by Crippen LogP contribution is -1.89. The third-order valence-corrected chi connectivity index (χ3v) is 2.82. The Hall–Kier alpha value is -2.63. The Labute approximate surface area is 108 Å². The molecule has 0 saturated carbocycles. The van der Waals surface area contributed by atoms with Crippen LogP contribution in [0.3, 0.4) is 0 Å². The fraction of sp³-hybridized carbons (Fsp3) is 0. The SMILES string of the molecule is N#CC(C#N)=CNc1ccc(-c2cscn2)cc1. The Morgan fingerprint density at radius 2 is 1.94 bits per heavy atom. The number of aromatic nitrogens is 1. The summed E-state index contributed by atoms with van der Waals surface area (Å²) in [6.45, 7) is 0. The van der Waals surface area contributed by atoms with Crippen LogP contribution in [0, 0.1) is 22.7 Å². The predicted molar refractivity (Wildman–Crippen MR) is 70.5 cm³/mol. The highest BCUT2D eigenvalue weighted by Gasteiger charge is 1.99. The summed E-state index contributed by atoms with van der Waals surface area (Å²) in [5.74, 6) is 0. The number of nitrogens with one attached hydrogen (secondary N) is 1. The Morgan fingerprint density at radius 3 is 2.50 bits per heavy atom. The molecule has 0 radical (unpaired) electrons. The van der Waals surface area contributed by atoms with Crippen molar-refractivity contribution in [2.75, 3.05) is 5.32 Å². The van der Waals surface area contributed by atoms with Crippen molar-refractivity contribution in [2.45, 2.75) is 0 Å². The van der Waals surface area contributed by atoms with Gasteiger partial charge in [0.2, 0.25) is 0 Å². The summed E-state index contributed by atoms with van der Waals surface area (Å²) in [5, 5.41) is 22.0. The van der Waals surface area contributed by atoms with Gasteiger partial charge in [-0.25, -0.2) is 4.98 Å². The van der Waals surface area contributed by atoms with E-state index in [9.17, 15) is 0 Å². The molecule has 1 heterocycles. The zero-order valence-electron chi connectivity index (χ0n) is 9.29. The maximum Gasteiger partial charge on any atom is 0.145 e. The fourth-order valence-corrected chi connectivity index (χ4v) is 1.90. The average molecular weight is 252 g/mol. The standard InChI is InChI=1S/C13H8N4S/c14-5-10(6-15)7-16-12-3-1-11(2-4-12)13-8-18-9-17-13/h1-4,7-9,16H.